The summed E-state index contributed by atoms with van der Waals surface area (Å²) in [5.41, 5.74) is 0.935. The largest absolute Gasteiger partial charge is 0.481 e. The molecule has 0 aliphatic rings. The Morgan fingerprint density at radius 2 is 2.19 bits per heavy atom. The molecule has 2 rings (SSSR count). The zero-order valence-electron chi connectivity index (χ0n) is 11.4. The summed E-state index contributed by atoms with van der Waals surface area (Å²) in [4.78, 5) is 27.9. The van der Waals surface area contributed by atoms with Crippen molar-refractivity contribution in [2.24, 2.45) is 0 Å². The standard InChI is InChI=1S/C14H15N3O4/c1-17(9-12-3-2-6-21-12)14(20)16-11-5-4-10(15-8-11)7-13(18)19/h2-6,8H,7,9H2,1H3,(H,16,20)(H,18,19). The second-order valence-corrected chi connectivity index (χ2v) is 4.47. The molecule has 2 heterocycles. The summed E-state index contributed by atoms with van der Waals surface area (Å²) in [6.07, 6.45) is 2.83. The first-order chi connectivity index (χ1) is 10.0. The number of nitrogens with one attached hydrogen (secondary N) is 1. The minimum Gasteiger partial charge on any atom is -0.481 e. The molecule has 2 aromatic rings. The first-order valence-electron chi connectivity index (χ1n) is 6.26. The molecule has 0 spiro atoms. The van der Waals surface area contributed by atoms with Crippen LogP contribution in [-0.4, -0.2) is 34.0 Å². The second kappa shape index (κ2) is 6.56. The lowest BCUT2D eigenvalue weighted by Crippen LogP contribution is -2.30. The number of hydrogen-bond donors (Lipinski definition) is 2. The normalized spacial score (nSPS) is 10.1. The SMILES string of the molecule is CN(Cc1ccco1)C(=O)Nc1ccc(CC(=O)O)nc1. The van der Waals surface area contributed by atoms with Crippen LogP contribution in [0.15, 0.2) is 41.1 Å². The number of hydrogen-bond acceptors (Lipinski definition) is 4. The van der Waals surface area contributed by atoms with Crippen LogP contribution in [0.25, 0.3) is 0 Å². The molecule has 7 heteroatoms. The summed E-state index contributed by atoms with van der Waals surface area (Å²) in [7, 11) is 1.64. The van der Waals surface area contributed by atoms with Crippen LogP contribution < -0.4 is 5.32 Å². The van der Waals surface area contributed by atoms with E-state index in [4.69, 9.17) is 9.52 Å². The van der Waals surface area contributed by atoms with Crippen molar-refractivity contribution in [1.82, 2.24) is 9.88 Å². The summed E-state index contributed by atoms with van der Waals surface area (Å²) in [5, 5.41) is 11.3. The van der Waals surface area contributed by atoms with Crippen LogP contribution >= 0.6 is 0 Å². The number of furan rings is 1. The zero-order valence-corrected chi connectivity index (χ0v) is 11.4. The molecule has 2 aromatic heterocycles. The molecule has 0 fully saturated rings. The third-order valence-corrected chi connectivity index (χ3v) is 2.73. The molecule has 0 radical (unpaired) electrons. The Kier molecular flexibility index (Phi) is 4.55. The minimum atomic E-state index is -0.947. The highest BCUT2D eigenvalue weighted by molar-refractivity contribution is 5.88. The number of rotatable bonds is 5. The van der Waals surface area contributed by atoms with Gasteiger partial charge in [-0.3, -0.25) is 9.78 Å². The van der Waals surface area contributed by atoms with E-state index in [-0.39, 0.29) is 12.5 Å². The third kappa shape index (κ3) is 4.34. The Labute approximate surface area is 121 Å². The van der Waals surface area contributed by atoms with Gasteiger partial charge >= 0.3 is 12.0 Å². The summed E-state index contributed by atoms with van der Waals surface area (Å²) < 4.78 is 5.17. The third-order valence-electron chi connectivity index (χ3n) is 2.73. The van der Waals surface area contributed by atoms with Gasteiger partial charge in [-0.15, -0.1) is 0 Å². The number of aliphatic carboxylic acids is 1. The number of carbonyl (C=O) groups excluding carboxylic acids is 1. The number of carboxylic acid groups (broad SMARTS) is 1. The van der Waals surface area contributed by atoms with Crippen LogP contribution in [0.4, 0.5) is 10.5 Å². The molecule has 7 nitrogen and oxygen atoms in total. The van der Waals surface area contributed by atoms with E-state index in [1.54, 1.807) is 37.6 Å². The average molecular weight is 289 g/mol. The summed E-state index contributed by atoms with van der Waals surface area (Å²) in [6, 6.07) is 6.41. The van der Waals surface area contributed by atoms with Gasteiger partial charge in [0.15, 0.2) is 0 Å². The maximum atomic E-state index is 12.0. The van der Waals surface area contributed by atoms with Crippen LogP contribution in [0.5, 0.6) is 0 Å². The van der Waals surface area contributed by atoms with Gasteiger partial charge in [0, 0.05) is 7.05 Å². The molecule has 0 unspecified atom stereocenters. The molecule has 0 saturated heterocycles. The monoisotopic (exact) mass is 289 g/mol. The molecule has 21 heavy (non-hydrogen) atoms. The van der Waals surface area contributed by atoms with Crippen molar-refractivity contribution in [2.75, 3.05) is 12.4 Å². The minimum absolute atomic E-state index is 0.146. The van der Waals surface area contributed by atoms with E-state index >= 15 is 0 Å². The van der Waals surface area contributed by atoms with Crippen molar-refractivity contribution < 1.29 is 19.1 Å². The van der Waals surface area contributed by atoms with Crippen molar-refractivity contribution >= 4 is 17.7 Å². The van der Waals surface area contributed by atoms with E-state index in [0.29, 0.717) is 23.7 Å². The molecule has 0 aliphatic carbocycles. The fourth-order valence-corrected chi connectivity index (χ4v) is 1.68. The number of carbonyl (C=O) groups is 2. The van der Waals surface area contributed by atoms with Gasteiger partial charge in [-0.1, -0.05) is 0 Å². The summed E-state index contributed by atoms with van der Waals surface area (Å²) in [6.45, 7) is 0.351. The maximum absolute atomic E-state index is 12.0. The predicted octanol–water partition coefficient (Wildman–Crippen LogP) is 1.97. The molecule has 110 valence electrons. The van der Waals surface area contributed by atoms with Crippen molar-refractivity contribution in [3.05, 3.63) is 48.2 Å². The highest BCUT2D eigenvalue weighted by Crippen LogP contribution is 2.09. The maximum Gasteiger partial charge on any atom is 0.322 e. The van der Waals surface area contributed by atoms with Gasteiger partial charge in [0.25, 0.3) is 0 Å². The number of pyridine rings is 1. The first kappa shape index (κ1) is 14.6. The van der Waals surface area contributed by atoms with E-state index < -0.39 is 5.97 Å². The number of anilines is 1. The number of urea groups is 1. The van der Waals surface area contributed by atoms with Crippen LogP contribution in [-0.2, 0) is 17.8 Å². The molecule has 0 aromatic carbocycles. The van der Waals surface area contributed by atoms with Crippen LogP contribution in [0.3, 0.4) is 0 Å². The number of carboxylic acids is 1. The summed E-state index contributed by atoms with van der Waals surface area (Å²) in [5.74, 6) is -0.264. The van der Waals surface area contributed by atoms with Crippen molar-refractivity contribution in [3.8, 4) is 0 Å². The second-order valence-electron chi connectivity index (χ2n) is 4.47. The molecule has 0 aliphatic heterocycles. The quantitative estimate of drug-likeness (QED) is 0.877. The predicted molar refractivity (Wildman–Crippen MR) is 74.8 cm³/mol. The van der Waals surface area contributed by atoms with E-state index in [2.05, 4.69) is 10.3 Å². The van der Waals surface area contributed by atoms with Gasteiger partial charge in [-0.2, -0.15) is 0 Å². The van der Waals surface area contributed by atoms with Gasteiger partial charge in [0.2, 0.25) is 0 Å². The molecule has 0 bridgehead atoms. The lowest BCUT2D eigenvalue weighted by molar-refractivity contribution is -0.136. The Morgan fingerprint density at radius 3 is 2.76 bits per heavy atom. The van der Waals surface area contributed by atoms with E-state index in [9.17, 15) is 9.59 Å². The Morgan fingerprint density at radius 1 is 1.38 bits per heavy atom. The number of nitrogens with zero attached hydrogens (tertiary/aromatic N) is 2. The lowest BCUT2D eigenvalue weighted by Gasteiger charge is -2.16. The van der Waals surface area contributed by atoms with E-state index in [1.165, 1.54) is 11.1 Å². The fourth-order valence-electron chi connectivity index (χ4n) is 1.68. The fraction of sp³-hybridized carbons (Fsp3) is 0.214. The highest BCUT2D eigenvalue weighted by atomic mass is 16.4. The molecule has 2 N–H and O–H groups in total. The first-order valence-corrected chi connectivity index (χ1v) is 6.26. The van der Waals surface area contributed by atoms with Gasteiger partial charge in [-0.25, -0.2) is 4.79 Å². The van der Waals surface area contributed by atoms with Crippen molar-refractivity contribution in [3.63, 3.8) is 0 Å². The average Bonchev–Trinajstić information content (AvgIpc) is 2.93. The Bertz CT molecular complexity index is 608. The van der Waals surface area contributed by atoms with E-state index in [0.717, 1.165) is 0 Å². The number of aromatic nitrogens is 1. The molecular formula is C14H15N3O4. The lowest BCUT2D eigenvalue weighted by atomic mass is 10.2. The highest BCUT2D eigenvalue weighted by Gasteiger charge is 2.11. The topological polar surface area (TPSA) is 95.7 Å². The van der Waals surface area contributed by atoms with Crippen LogP contribution in [0.1, 0.15) is 11.5 Å². The van der Waals surface area contributed by atoms with Crippen LogP contribution in [0.2, 0.25) is 0 Å². The Balaban J connectivity index is 1.91. The zero-order chi connectivity index (χ0) is 15.2. The van der Waals surface area contributed by atoms with E-state index in [1.807, 2.05) is 0 Å². The molecule has 2 amide bonds. The van der Waals surface area contributed by atoms with Gasteiger partial charge in [0.1, 0.15) is 5.76 Å². The molecule has 0 saturated carbocycles. The van der Waals surface area contributed by atoms with Gasteiger partial charge < -0.3 is 19.7 Å². The molecule has 0 atom stereocenters. The van der Waals surface area contributed by atoms with Gasteiger partial charge in [0.05, 0.1) is 36.8 Å². The molecular weight excluding hydrogens is 274 g/mol. The van der Waals surface area contributed by atoms with Crippen LogP contribution in [0, 0.1) is 0 Å². The van der Waals surface area contributed by atoms with Gasteiger partial charge in [-0.05, 0) is 24.3 Å². The summed E-state index contributed by atoms with van der Waals surface area (Å²) >= 11 is 0. The number of amides is 2. The Hall–Kier alpha value is -2.83. The van der Waals surface area contributed by atoms with Crippen molar-refractivity contribution in [2.45, 2.75) is 13.0 Å². The van der Waals surface area contributed by atoms with Crippen molar-refractivity contribution in [1.29, 1.82) is 0 Å². The smallest absolute Gasteiger partial charge is 0.322 e.